The zero-order valence-electron chi connectivity index (χ0n) is 15.5. The maximum Gasteiger partial charge on any atom is 0.433 e. The predicted molar refractivity (Wildman–Crippen MR) is 101 cm³/mol. The first-order valence-corrected chi connectivity index (χ1v) is 9.92. The molecule has 29 heavy (non-hydrogen) atoms. The van der Waals surface area contributed by atoms with Gasteiger partial charge < -0.3 is 9.88 Å². The van der Waals surface area contributed by atoms with E-state index >= 15 is 0 Å². The molecule has 7 nitrogen and oxygen atoms in total. The van der Waals surface area contributed by atoms with Crippen LogP contribution in [0.3, 0.4) is 0 Å². The van der Waals surface area contributed by atoms with E-state index in [1.807, 2.05) is 0 Å². The van der Waals surface area contributed by atoms with Crippen LogP contribution in [0, 0.1) is 6.92 Å². The smallest absolute Gasteiger partial charge is 0.380 e. The Balaban J connectivity index is 1.96. The highest BCUT2D eigenvalue weighted by Crippen LogP contribution is 2.34. The van der Waals surface area contributed by atoms with Crippen LogP contribution >= 0.6 is 0 Å². The Morgan fingerprint density at radius 3 is 2.41 bits per heavy atom. The quantitative estimate of drug-likeness (QED) is 0.654. The summed E-state index contributed by atoms with van der Waals surface area (Å²) < 4.78 is 63.4. The van der Waals surface area contributed by atoms with Crippen molar-refractivity contribution in [1.82, 2.24) is 14.5 Å². The molecule has 154 valence electrons. The molecular weight excluding hydrogens is 407 g/mol. The van der Waals surface area contributed by atoms with Gasteiger partial charge in [-0.3, -0.25) is 4.98 Å². The maximum atomic E-state index is 12.6. The van der Waals surface area contributed by atoms with Crippen molar-refractivity contribution in [2.75, 3.05) is 5.32 Å². The number of halogens is 3. The third-order valence-corrected chi connectivity index (χ3v) is 5.34. The number of nitrogens with two attached hydrogens (primary N) is 1. The van der Waals surface area contributed by atoms with Crippen molar-refractivity contribution in [1.29, 1.82) is 0 Å². The van der Waals surface area contributed by atoms with Crippen molar-refractivity contribution >= 4 is 15.7 Å². The highest BCUT2D eigenvalue weighted by Gasteiger charge is 2.32. The summed E-state index contributed by atoms with van der Waals surface area (Å²) in [6, 6.07) is 5.17. The molecule has 0 saturated heterocycles. The monoisotopic (exact) mass is 425 g/mol. The van der Waals surface area contributed by atoms with E-state index in [9.17, 15) is 21.6 Å². The molecule has 0 atom stereocenters. The number of alkyl halides is 3. The molecule has 0 aliphatic carbocycles. The molecule has 3 aromatic rings. The minimum atomic E-state index is -4.50. The summed E-state index contributed by atoms with van der Waals surface area (Å²) in [5.74, 6) is 0. The van der Waals surface area contributed by atoms with Gasteiger partial charge in [0.2, 0.25) is 10.0 Å². The molecule has 0 spiro atoms. The number of primary sulfonamides is 1. The number of sulfonamides is 1. The van der Waals surface area contributed by atoms with E-state index in [-0.39, 0.29) is 11.4 Å². The number of nitrogens with one attached hydrogen (secondary N) is 1. The lowest BCUT2D eigenvalue weighted by atomic mass is 10.0. The highest BCUT2D eigenvalue weighted by molar-refractivity contribution is 7.89. The molecule has 2 aromatic heterocycles. The molecule has 0 amide bonds. The zero-order chi connectivity index (χ0) is 21.4. The van der Waals surface area contributed by atoms with Crippen LogP contribution in [-0.2, 0) is 29.8 Å². The van der Waals surface area contributed by atoms with Crippen molar-refractivity contribution in [3.05, 3.63) is 59.8 Å². The molecule has 1 aromatic carbocycles. The van der Waals surface area contributed by atoms with E-state index in [2.05, 4.69) is 15.3 Å². The lowest BCUT2D eigenvalue weighted by Crippen LogP contribution is -2.15. The molecule has 0 bridgehead atoms. The van der Waals surface area contributed by atoms with Crippen molar-refractivity contribution in [3.8, 4) is 11.3 Å². The Bertz CT molecular complexity index is 1140. The summed E-state index contributed by atoms with van der Waals surface area (Å²) in [6.45, 7) is 1.80. The summed E-state index contributed by atoms with van der Waals surface area (Å²) in [6.07, 6.45) is -0.0668. The van der Waals surface area contributed by atoms with Crippen LogP contribution in [0.1, 0.15) is 16.8 Å². The normalized spacial score (nSPS) is 12.2. The van der Waals surface area contributed by atoms with Crippen LogP contribution in [0.15, 0.2) is 47.9 Å². The second-order valence-electron chi connectivity index (χ2n) is 6.48. The molecule has 0 aliphatic rings. The van der Waals surface area contributed by atoms with Crippen LogP contribution in [0.5, 0.6) is 0 Å². The van der Waals surface area contributed by atoms with Gasteiger partial charge in [0.05, 0.1) is 16.9 Å². The third-order valence-electron chi connectivity index (χ3n) is 4.28. The minimum absolute atomic E-state index is 0.0279. The molecule has 3 rings (SSSR count). The van der Waals surface area contributed by atoms with Gasteiger partial charge in [-0.25, -0.2) is 18.5 Å². The van der Waals surface area contributed by atoms with E-state index in [4.69, 9.17) is 5.14 Å². The summed E-state index contributed by atoms with van der Waals surface area (Å²) >= 11 is 0. The topological polar surface area (TPSA) is 103 Å². The van der Waals surface area contributed by atoms with Crippen LogP contribution < -0.4 is 10.5 Å². The average molecular weight is 425 g/mol. The number of nitrogens with zero attached hydrogens (tertiary/aromatic N) is 3. The first-order chi connectivity index (χ1) is 13.5. The largest absolute Gasteiger partial charge is 0.433 e. The third kappa shape index (κ3) is 4.57. The van der Waals surface area contributed by atoms with Gasteiger partial charge in [-0.2, -0.15) is 13.2 Å². The van der Waals surface area contributed by atoms with Gasteiger partial charge in [0.25, 0.3) is 0 Å². The number of benzene rings is 1. The highest BCUT2D eigenvalue weighted by atomic mass is 32.2. The minimum Gasteiger partial charge on any atom is -0.380 e. The van der Waals surface area contributed by atoms with Gasteiger partial charge in [0, 0.05) is 37.2 Å². The standard InChI is InChI=1S/C18H18F3N5O2S/c1-11-15(29(22,27)28)5-4-13(17(11)14-9-26(2)10-25-14)23-7-12-3-6-16(24-8-12)18(19,20)21/h3-6,8-10,23H,7H2,1-2H3,(H2,22,27,28). The second-order valence-corrected chi connectivity index (χ2v) is 8.01. The van der Waals surface area contributed by atoms with Gasteiger partial charge in [0.15, 0.2) is 0 Å². The number of pyridine rings is 1. The van der Waals surface area contributed by atoms with Crippen molar-refractivity contribution in [3.63, 3.8) is 0 Å². The molecule has 0 unspecified atom stereocenters. The summed E-state index contributed by atoms with van der Waals surface area (Å²) in [7, 11) is -2.16. The van der Waals surface area contributed by atoms with Crippen LogP contribution in [-0.4, -0.2) is 23.0 Å². The fraction of sp³-hybridized carbons (Fsp3) is 0.222. The average Bonchev–Trinajstić information content (AvgIpc) is 3.04. The first-order valence-electron chi connectivity index (χ1n) is 8.37. The van der Waals surface area contributed by atoms with Crippen LogP contribution in [0.2, 0.25) is 0 Å². The predicted octanol–water partition coefficient (Wildman–Crippen LogP) is 3.07. The number of aryl methyl sites for hydroxylation is 1. The molecule has 0 saturated carbocycles. The van der Waals surface area contributed by atoms with Gasteiger partial charge in [0.1, 0.15) is 5.69 Å². The van der Waals surface area contributed by atoms with Crippen molar-refractivity contribution < 1.29 is 21.6 Å². The number of imidazole rings is 1. The van der Waals surface area contributed by atoms with Gasteiger partial charge in [-0.15, -0.1) is 0 Å². The second kappa shape index (κ2) is 7.48. The number of hydrogen-bond acceptors (Lipinski definition) is 5. The molecule has 2 heterocycles. The van der Waals surface area contributed by atoms with Gasteiger partial charge in [-0.05, 0) is 36.2 Å². The van der Waals surface area contributed by atoms with Gasteiger partial charge in [-0.1, -0.05) is 6.07 Å². The molecular formula is C18H18F3N5O2S. The van der Waals surface area contributed by atoms with Crippen LogP contribution in [0.4, 0.5) is 18.9 Å². The van der Waals surface area contributed by atoms with Crippen molar-refractivity contribution in [2.24, 2.45) is 12.2 Å². The Hall–Kier alpha value is -2.92. The Morgan fingerprint density at radius 1 is 1.17 bits per heavy atom. The van der Waals surface area contributed by atoms with E-state index < -0.39 is 21.9 Å². The molecule has 0 fully saturated rings. The van der Waals surface area contributed by atoms with E-state index in [0.717, 1.165) is 12.3 Å². The molecule has 3 N–H and O–H groups in total. The lowest BCUT2D eigenvalue weighted by molar-refractivity contribution is -0.141. The van der Waals surface area contributed by atoms with E-state index in [0.29, 0.717) is 28.1 Å². The molecule has 11 heteroatoms. The summed E-state index contributed by atoms with van der Waals surface area (Å²) in [4.78, 5) is 7.68. The van der Waals surface area contributed by atoms with Crippen LogP contribution in [0.25, 0.3) is 11.3 Å². The van der Waals surface area contributed by atoms with Crippen molar-refractivity contribution in [2.45, 2.75) is 24.5 Å². The Kier molecular flexibility index (Phi) is 5.37. The van der Waals surface area contributed by atoms with Gasteiger partial charge >= 0.3 is 6.18 Å². The number of anilines is 1. The summed E-state index contributed by atoms with van der Waals surface area (Å²) in [5, 5.41) is 8.41. The number of rotatable bonds is 5. The lowest BCUT2D eigenvalue weighted by Gasteiger charge is -2.16. The summed E-state index contributed by atoms with van der Waals surface area (Å²) in [5.41, 5.74) is 1.61. The Morgan fingerprint density at radius 2 is 1.90 bits per heavy atom. The SMILES string of the molecule is Cc1c(S(N)(=O)=O)ccc(NCc2ccc(C(F)(F)F)nc2)c1-c1cn(C)cn1. The fourth-order valence-electron chi connectivity index (χ4n) is 2.91. The Labute approximate surface area is 165 Å². The fourth-order valence-corrected chi connectivity index (χ4v) is 3.70. The zero-order valence-corrected chi connectivity index (χ0v) is 16.3. The molecule has 0 aliphatic heterocycles. The molecule has 0 radical (unpaired) electrons. The van der Waals surface area contributed by atoms with E-state index in [1.165, 1.54) is 12.1 Å². The maximum absolute atomic E-state index is 12.6. The number of aromatic nitrogens is 3. The number of hydrogen-bond donors (Lipinski definition) is 2. The first kappa shape index (κ1) is 20.8. The van der Waals surface area contributed by atoms with E-state index in [1.54, 1.807) is 37.1 Å².